The fourth-order valence-electron chi connectivity index (χ4n) is 2.11. The third-order valence-electron chi connectivity index (χ3n) is 3.28. The molecule has 0 saturated heterocycles. The predicted molar refractivity (Wildman–Crippen MR) is 70.5 cm³/mol. The number of halogens is 1. The summed E-state index contributed by atoms with van der Waals surface area (Å²) < 4.78 is 19.5. The second-order valence-electron chi connectivity index (χ2n) is 4.79. The number of hydrogen-bond acceptors (Lipinski definition) is 2. The molecular formula is C15H21FO2. The Balaban J connectivity index is 3.26. The second-order valence-corrected chi connectivity index (χ2v) is 4.79. The summed E-state index contributed by atoms with van der Waals surface area (Å²) in [6, 6.07) is 3.21. The van der Waals surface area contributed by atoms with Crippen molar-refractivity contribution in [2.24, 2.45) is 0 Å². The molecule has 0 aliphatic heterocycles. The van der Waals surface area contributed by atoms with Crippen LogP contribution in [0.25, 0.3) is 0 Å². The zero-order valence-corrected chi connectivity index (χ0v) is 11.8. The number of rotatable bonds is 5. The monoisotopic (exact) mass is 252 g/mol. The summed E-state index contributed by atoms with van der Waals surface area (Å²) in [6.45, 7) is 9.42. The molecule has 1 atom stereocenters. The van der Waals surface area contributed by atoms with E-state index in [0.29, 0.717) is 18.6 Å². The minimum absolute atomic E-state index is 0.151. The van der Waals surface area contributed by atoms with Crippen LogP contribution < -0.4 is 0 Å². The first-order valence-electron chi connectivity index (χ1n) is 6.31. The van der Waals surface area contributed by atoms with Gasteiger partial charge in [-0.2, -0.15) is 0 Å². The summed E-state index contributed by atoms with van der Waals surface area (Å²) in [7, 11) is 0. The summed E-state index contributed by atoms with van der Waals surface area (Å²) >= 11 is 0. The molecule has 1 rings (SSSR count). The molecule has 0 aliphatic carbocycles. The normalized spacial score (nSPS) is 14.3. The van der Waals surface area contributed by atoms with Crippen molar-refractivity contribution in [3.05, 3.63) is 34.6 Å². The van der Waals surface area contributed by atoms with Crippen LogP contribution in [0.4, 0.5) is 4.39 Å². The number of carbonyl (C=O) groups excluding carboxylic acids is 1. The molecule has 100 valence electrons. The van der Waals surface area contributed by atoms with Gasteiger partial charge >= 0.3 is 0 Å². The molecule has 1 unspecified atom stereocenters. The SMILES string of the molecule is CCOC(C)(CC)C(=O)c1c(C)cc(C)cc1F. The predicted octanol–water partition coefficient (Wildman–Crippen LogP) is 3.83. The standard InChI is InChI=1S/C15H21FO2/c1-6-15(5,18-7-2)14(17)13-11(4)8-10(3)9-12(13)16/h8-9H,6-7H2,1-5H3. The van der Waals surface area contributed by atoms with E-state index in [1.54, 1.807) is 13.8 Å². The van der Waals surface area contributed by atoms with E-state index in [0.717, 1.165) is 5.56 Å². The smallest absolute Gasteiger partial charge is 0.197 e. The maximum Gasteiger partial charge on any atom is 0.197 e. The third kappa shape index (κ3) is 2.78. The Kier molecular flexibility index (Phi) is 4.63. The first-order chi connectivity index (χ1) is 8.35. The van der Waals surface area contributed by atoms with E-state index in [2.05, 4.69) is 0 Å². The minimum Gasteiger partial charge on any atom is -0.367 e. The summed E-state index contributed by atoms with van der Waals surface area (Å²) in [5.74, 6) is -0.737. The van der Waals surface area contributed by atoms with Crippen LogP contribution in [0.5, 0.6) is 0 Å². The lowest BCUT2D eigenvalue weighted by Crippen LogP contribution is -2.38. The number of aryl methyl sites for hydroxylation is 2. The molecule has 1 aromatic carbocycles. The average Bonchev–Trinajstić information content (AvgIpc) is 2.27. The van der Waals surface area contributed by atoms with E-state index < -0.39 is 11.4 Å². The van der Waals surface area contributed by atoms with Crippen molar-refractivity contribution < 1.29 is 13.9 Å². The summed E-state index contributed by atoms with van der Waals surface area (Å²) in [4.78, 5) is 12.5. The number of benzene rings is 1. The van der Waals surface area contributed by atoms with E-state index in [1.165, 1.54) is 6.07 Å². The Labute approximate surface area is 108 Å². The lowest BCUT2D eigenvalue weighted by molar-refractivity contribution is -0.0119. The lowest BCUT2D eigenvalue weighted by Gasteiger charge is -2.27. The molecule has 0 heterocycles. The minimum atomic E-state index is -0.949. The van der Waals surface area contributed by atoms with Crippen LogP contribution in [0.2, 0.25) is 0 Å². The van der Waals surface area contributed by atoms with Crippen molar-refractivity contribution >= 4 is 5.78 Å². The Morgan fingerprint density at radius 3 is 2.39 bits per heavy atom. The molecule has 18 heavy (non-hydrogen) atoms. The van der Waals surface area contributed by atoms with E-state index in [-0.39, 0.29) is 11.3 Å². The highest BCUT2D eigenvalue weighted by molar-refractivity contribution is 6.03. The van der Waals surface area contributed by atoms with E-state index in [1.807, 2.05) is 26.8 Å². The van der Waals surface area contributed by atoms with E-state index >= 15 is 0 Å². The Hall–Kier alpha value is -1.22. The van der Waals surface area contributed by atoms with Gasteiger partial charge in [0.25, 0.3) is 0 Å². The first kappa shape index (κ1) is 14.8. The van der Waals surface area contributed by atoms with Gasteiger partial charge in [0.05, 0.1) is 5.56 Å². The molecule has 0 radical (unpaired) electrons. The molecule has 0 aromatic heterocycles. The van der Waals surface area contributed by atoms with E-state index in [9.17, 15) is 9.18 Å². The van der Waals surface area contributed by atoms with Crippen molar-refractivity contribution in [2.75, 3.05) is 6.61 Å². The fourth-order valence-corrected chi connectivity index (χ4v) is 2.11. The Morgan fingerprint density at radius 2 is 1.94 bits per heavy atom. The lowest BCUT2D eigenvalue weighted by atomic mass is 9.88. The molecule has 0 N–H and O–H groups in total. The molecule has 0 saturated carbocycles. The van der Waals surface area contributed by atoms with Crippen LogP contribution in [0.1, 0.15) is 48.7 Å². The molecule has 0 bridgehead atoms. The van der Waals surface area contributed by atoms with Gasteiger partial charge in [-0.25, -0.2) is 4.39 Å². The van der Waals surface area contributed by atoms with Crippen molar-refractivity contribution in [1.82, 2.24) is 0 Å². The zero-order valence-electron chi connectivity index (χ0n) is 11.8. The van der Waals surface area contributed by atoms with Crippen molar-refractivity contribution in [3.63, 3.8) is 0 Å². The largest absolute Gasteiger partial charge is 0.367 e. The van der Waals surface area contributed by atoms with Gasteiger partial charge in [0.1, 0.15) is 11.4 Å². The van der Waals surface area contributed by atoms with Gasteiger partial charge in [-0.3, -0.25) is 4.79 Å². The number of ether oxygens (including phenoxy) is 1. The molecule has 0 amide bonds. The maximum absolute atomic E-state index is 14.0. The molecule has 0 fully saturated rings. The average molecular weight is 252 g/mol. The molecule has 2 nitrogen and oxygen atoms in total. The van der Waals surface area contributed by atoms with Crippen molar-refractivity contribution in [2.45, 2.75) is 46.6 Å². The van der Waals surface area contributed by atoms with Crippen LogP contribution in [0, 0.1) is 19.7 Å². The third-order valence-corrected chi connectivity index (χ3v) is 3.28. The highest BCUT2D eigenvalue weighted by Crippen LogP contribution is 2.26. The zero-order chi connectivity index (χ0) is 13.9. The number of ketones is 1. The van der Waals surface area contributed by atoms with Crippen LogP contribution >= 0.6 is 0 Å². The molecule has 3 heteroatoms. The van der Waals surface area contributed by atoms with Crippen molar-refractivity contribution in [1.29, 1.82) is 0 Å². The highest BCUT2D eigenvalue weighted by Gasteiger charge is 2.35. The first-order valence-corrected chi connectivity index (χ1v) is 6.31. The topological polar surface area (TPSA) is 26.3 Å². The number of hydrogen-bond donors (Lipinski definition) is 0. The highest BCUT2D eigenvalue weighted by atomic mass is 19.1. The van der Waals surface area contributed by atoms with Crippen molar-refractivity contribution in [3.8, 4) is 0 Å². The summed E-state index contributed by atoms with van der Waals surface area (Å²) in [6.07, 6.45) is 0.520. The Bertz CT molecular complexity index is 431. The fraction of sp³-hybridized carbons (Fsp3) is 0.533. The molecular weight excluding hydrogens is 231 g/mol. The van der Waals surface area contributed by atoms with Gasteiger partial charge in [-0.05, 0) is 51.3 Å². The van der Waals surface area contributed by atoms with Gasteiger partial charge < -0.3 is 4.74 Å². The second kappa shape index (κ2) is 5.61. The summed E-state index contributed by atoms with van der Waals surface area (Å²) in [5.41, 5.74) is 0.682. The van der Waals surface area contributed by atoms with E-state index in [4.69, 9.17) is 4.74 Å². The maximum atomic E-state index is 14.0. The van der Waals surface area contributed by atoms with Crippen LogP contribution in [-0.4, -0.2) is 18.0 Å². The van der Waals surface area contributed by atoms with Gasteiger partial charge in [0.15, 0.2) is 5.78 Å². The number of Topliss-reactive ketones (excluding diaryl/α,β-unsaturated/α-hetero) is 1. The quantitative estimate of drug-likeness (QED) is 0.744. The van der Waals surface area contributed by atoms with Crippen LogP contribution in [0.15, 0.2) is 12.1 Å². The molecule has 0 aliphatic rings. The van der Waals surface area contributed by atoms with Gasteiger partial charge in [-0.1, -0.05) is 13.0 Å². The van der Waals surface area contributed by atoms with Gasteiger partial charge in [0, 0.05) is 6.61 Å². The Morgan fingerprint density at radius 1 is 1.33 bits per heavy atom. The van der Waals surface area contributed by atoms with Crippen LogP contribution in [0.3, 0.4) is 0 Å². The molecule has 1 aromatic rings. The summed E-state index contributed by atoms with van der Waals surface area (Å²) in [5, 5.41) is 0. The molecule has 0 spiro atoms. The van der Waals surface area contributed by atoms with Gasteiger partial charge in [-0.15, -0.1) is 0 Å². The number of carbonyl (C=O) groups is 1. The van der Waals surface area contributed by atoms with Crippen LogP contribution in [-0.2, 0) is 4.74 Å². The van der Waals surface area contributed by atoms with Gasteiger partial charge in [0.2, 0.25) is 0 Å².